The van der Waals surface area contributed by atoms with Gasteiger partial charge in [0.05, 0.1) is 28.0 Å². The second-order valence-electron chi connectivity index (χ2n) is 9.12. The van der Waals surface area contributed by atoms with Gasteiger partial charge in [-0.2, -0.15) is 5.26 Å². The maximum Gasteiger partial charge on any atom is 0.410 e. The van der Waals surface area contributed by atoms with Crippen molar-refractivity contribution in [1.29, 1.82) is 5.26 Å². The molecule has 0 spiro atoms. The van der Waals surface area contributed by atoms with Gasteiger partial charge in [-0.05, 0) is 52.2 Å². The molecule has 0 radical (unpaired) electrons. The third-order valence-corrected chi connectivity index (χ3v) is 8.08. The number of nitriles is 1. The third-order valence-electron chi connectivity index (χ3n) is 5.55. The number of piperidine rings is 1. The molecule has 1 unspecified atom stereocenters. The first-order valence-electron chi connectivity index (χ1n) is 10.8. The first-order chi connectivity index (χ1) is 15.7. The van der Waals surface area contributed by atoms with Gasteiger partial charge in [-0.1, -0.05) is 6.07 Å². The molecule has 1 aromatic carbocycles. The van der Waals surface area contributed by atoms with Crippen LogP contribution in [0.2, 0.25) is 0 Å². The minimum Gasteiger partial charge on any atom is -0.444 e. The Labute approximate surface area is 199 Å². The Morgan fingerprint density at radius 1 is 1.36 bits per heavy atom. The number of aromatic amines is 1. The molecule has 3 aromatic rings. The van der Waals surface area contributed by atoms with Crippen molar-refractivity contribution in [1.82, 2.24) is 14.9 Å². The lowest BCUT2D eigenvalue weighted by Gasteiger charge is -2.32. The number of carbonyl (C=O) groups is 1. The predicted molar refractivity (Wildman–Crippen MR) is 130 cm³/mol. The number of aromatic nitrogens is 2. The van der Waals surface area contributed by atoms with Gasteiger partial charge in [-0.15, -0.1) is 11.3 Å². The Balaban J connectivity index is 1.41. The fraction of sp³-hybridized carbons (Fsp3) is 0.435. The third kappa shape index (κ3) is 5.04. The van der Waals surface area contributed by atoms with Crippen molar-refractivity contribution in [2.75, 3.05) is 17.8 Å². The van der Waals surface area contributed by atoms with Crippen molar-refractivity contribution in [2.45, 2.75) is 56.3 Å². The number of ether oxygens (including phenoxy) is 1. The summed E-state index contributed by atoms with van der Waals surface area (Å²) in [6, 6.07) is 5.96. The number of fused-ring (bicyclic) bond motifs is 1. The molecule has 174 valence electrons. The van der Waals surface area contributed by atoms with E-state index in [9.17, 15) is 14.3 Å². The summed E-state index contributed by atoms with van der Waals surface area (Å²) in [7, 11) is -1.48. The summed E-state index contributed by atoms with van der Waals surface area (Å²) < 4.78 is 22.2. The summed E-state index contributed by atoms with van der Waals surface area (Å²) in [5.41, 5.74) is 2.48. The van der Waals surface area contributed by atoms with Gasteiger partial charge in [0, 0.05) is 30.6 Å². The van der Waals surface area contributed by atoms with Crippen molar-refractivity contribution >= 4 is 45.0 Å². The number of hydrogen-bond acceptors (Lipinski definition) is 6. The number of aryl methyl sites for hydroxylation is 1. The summed E-state index contributed by atoms with van der Waals surface area (Å²) in [6.07, 6.45) is 4.64. The van der Waals surface area contributed by atoms with Crippen LogP contribution in [0.5, 0.6) is 0 Å². The van der Waals surface area contributed by atoms with Crippen LogP contribution in [0.25, 0.3) is 10.9 Å². The monoisotopic (exact) mass is 485 g/mol. The Hall–Kier alpha value is -2.90. The molecule has 0 saturated carbocycles. The van der Waals surface area contributed by atoms with Crippen LogP contribution in [-0.2, 0) is 15.7 Å². The minimum atomic E-state index is -1.48. The van der Waals surface area contributed by atoms with Gasteiger partial charge in [0.1, 0.15) is 15.9 Å². The molecule has 1 amide bonds. The molecule has 0 bridgehead atoms. The van der Waals surface area contributed by atoms with E-state index in [1.807, 2.05) is 39.8 Å². The fourth-order valence-electron chi connectivity index (χ4n) is 3.93. The van der Waals surface area contributed by atoms with Gasteiger partial charge >= 0.3 is 6.09 Å². The number of carbonyl (C=O) groups excluding carboxylic acids is 1. The smallest absolute Gasteiger partial charge is 0.410 e. The molecular weight excluding hydrogens is 458 g/mol. The number of H-pyrrole nitrogens is 1. The Morgan fingerprint density at radius 3 is 2.76 bits per heavy atom. The highest BCUT2D eigenvalue weighted by atomic mass is 32.2. The number of anilines is 1. The first-order valence-corrected chi connectivity index (χ1v) is 12.8. The van der Waals surface area contributed by atoms with Gasteiger partial charge in [0.15, 0.2) is 11.0 Å². The quantitative estimate of drug-likeness (QED) is 0.537. The standard InChI is InChI=1S/C23H27N5O3S2/c1-14-5-6-17(20-19(14)16(11-24)12-25-20)27-33(30)18-13-26-21(32-18)15-7-9-28(10-8-15)22(29)31-23(2,3)4/h5-6,12-13,15,25,27H,7-10H2,1-4H3. The molecule has 0 aliphatic carbocycles. The van der Waals surface area contributed by atoms with E-state index in [1.165, 1.54) is 11.3 Å². The second-order valence-corrected chi connectivity index (χ2v) is 11.6. The summed E-state index contributed by atoms with van der Waals surface area (Å²) >= 11 is 1.43. The van der Waals surface area contributed by atoms with E-state index in [-0.39, 0.29) is 12.0 Å². The minimum absolute atomic E-state index is 0.229. The second kappa shape index (κ2) is 9.15. The van der Waals surface area contributed by atoms with E-state index >= 15 is 0 Å². The van der Waals surface area contributed by atoms with E-state index in [0.717, 1.165) is 34.3 Å². The molecule has 1 atom stereocenters. The van der Waals surface area contributed by atoms with Crippen molar-refractivity contribution < 1.29 is 13.7 Å². The van der Waals surface area contributed by atoms with Crippen molar-refractivity contribution in [3.05, 3.63) is 40.7 Å². The molecule has 10 heteroatoms. The first kappa shape index (κ1) is 23.3. The lowest BCUT2D eigenvalue weighted by atomic mass is 9.98. The van der Waals surface area contributed by atoms with Gasteiger partial charge in [-0.25, -0.2) is 14.0 Å². The molecule has 2 N–H and O–H groups in total. The number of nitrogens with zero attached hydrogens (tertiary/aromatic N) is 3. The number of nitrogens with one attached hydrogen (secondary N) is 2. The van der Waals surface area contributed by atoms with Crippen LogP contribution >= 0.6 is 11.3 Å². The highest BCUT2D eigenvalue weighted by Gasteiger charge is 2.29. The Morgan fingerprint density at radius 2 is 2.09 bits per heavy atom. The largest absolute Gasteiger partial charge is 0.444 e. The highest BCUT2D eigenvalue weighted by molar-refractivity contribution is 7.88. The van der Waals surface area contributed by atoms with Gasteiger partial charge in [0.25, 0.3) is 0 Å². The number of amides is 1. The summed E-state index contributed by atoms with van der Waals surface area (Å²) in [6.45, 7) is 8.77. The van der Waals surface area contributed by atoms with E-state index in [1.54, 1.807) is 17.3 Å². The summed E-state index contributed by atoms with van der Waals surface area (Å²) in [4.78, 5) is 21.7. The van der Waals surface area contributed by atoms with Gasteiger partial charge < -0.3 is 14.6 Å². The van der Waals surface area contributed by atoms with E-state index < -0.39 is 16.6 Å². The average Bonchev–Trinajstić information content (AvgIpc) is 3.43. The molecule has 3 heterocycles. The van der Waals surface area contributed by atoms with E-state index in [2.05, 4.69) is 20.8 Å². The van der Waals surface area contributed by atoms with Crippen molar-refractivity contribution in [3.8, 4) is 6.07 Å². The van der Waals surface area contributed by atoms with Crippen LogP contribution in [0.4, 0.5) is 10.5 Å². The average molecular weight is 486 g/mol. The molecule has 1 fully saturated rings. The van der Waals surface area contributed by atoms with Gasteiger partial charge in [-0.3, -0.25) is 4.72 Å². The van der Waals surface area contributed by atoms with Crippen LogP contribution in [0.1, 0.15) is 55.7 Å². The molecule has 1 aliphatic heterocycles. The molecule has 4 rings (SSSR count). The Kier molecular flexibility index (Phi) is 6.45. The molecule has 1 saturated heterocycles. The lowest BCUT2D eigenvalue weighted by Crippen LogP contribution is -2.41. The van der Waals surface area contributed by atoms with Gasteiger partial charge in [0.2, 0.25) is 0 Å². The zero-order chi connectivity index (χ0) is 23.8. The summed E-state index contributed by atoms with van der Waals surface area (Å²) in [5.74, 6) is 0.229. The van der Waals surface area contributed by atoms with Crippen molar-refractivity contribution in [2.24, 2.45) is 0 Å². The molecule has 33 heavy (non-hydrogen) atoms. The SMILES string of the molecule is Cc1ccc(NS(=O)c2cnc(C3CCN(C(=O)OC(C)(C)C)CC3)s2)c2[nH]cc(C#N)c12. The van der Waals surface area contributed by atoms with Crippen molar-refractivity contribution in [3.63, 3.8) is 0 Å². The zero-order valence-electron chi connectivity index (χ0n) is 19.1. The van der Waals surface area contributed by atoms with E-state index in [4.69, 9.17) is 4.74 Å². The highest BCUT2D eigenvalue weighted by Crippen LogP contribution is 2.34. The Bertz CT molecular complexity index is 1240. The summed E-state index contributed by atoms with van der Waals surface area (Å²) in [5, 5.41) is 11.1. The molecule has 1 aliphatic rings. The van der Waals surface area contributed by atoms with Crippen LogP contribution in [0.3, 0.4) is 0 Å². The fourth-order valence-corrected chi connectivity index (χ4v) is 6.05. The molecular formula is C23H27N5O3S2. The maximum atomic E-state index is 13.0. The van der Waals surface area contributed by atoms with Crippen LogP contribution in [0, 0.1) is 18.3 Å². The maximum absolute atomic E-state index is 13.0. The number of hydrogen-bond donors (Lipinski definition) is 2. The van der Waals surface area contributed by atoms with E-state index in [0.29, 0.717) is 28.5 Å². The molecule has 2 aromatic heterocycles. The topological polar surface area (TPSA) is 111 Å². The zero-order valence-corrected chi connectivity index (χ0v) is 20.7. The number of thiazole rings is 1. The lowest BCUT2D eigenvalue weighted by molar-refractivity contribution is 0.0205. The normalized spacial score (nSPS) is 15.9. The van der Waals surface area contributed by atoms with Crippen LogP contribution < -0.4 is 4.72 Å². The van der Waals surface area contributed by atoms with Crippen LogP contribution in [0.15, 0.2) is 28.7 Å². The molecule has 8 nitrogen and oxygen atoms in total. The van der Waals surface area contributed by atoms with Crippen LogP contribution in [-0.4, -0.2) is 43.9 Å². The predicted octanol–water partition coefficient (Wildman–Crippen LogP) is 5.05. The number of likely N-dealkylation sites (tertiary alicyclic amines) is 1. The number of benzene rings is 1. The number of rotatable bonds is 4.